The van der Waals surface area contributed by atoms with Crippen molar-refractivity contribution in [2.75, 3.05) is 18.4 Å². The lowest BCUT2D eigenvalue weighted by Gasteiger charge is -2.22. The lowest BCUT2D eigenvalue weighted by atomic mass is 9.96. The summed E-state index contributed by atoms with van der Waals surface area (Å²) in [5.41, 5.74) is -0.193. The molecule has 1 aromatic rings. The van der Waals surface area contributed by atoms with Crippen molar-refractivity contribution in [3.63, 3.8) is 0 Å². The number of nitrogens with one attached hydrogen (secondary N) is 2. The highest BCUT2D eigenvalue weighted by molar-refractivity contribution is 5.93. The summed E-state index contributed by atoms with van der Waals surface area (Å²) in [4.78, 5) is 22.2. The number of nitro benzene ring substituents is 1. The Morgan fingerprint density at radius 3 is 3.00 bits per heavy atom. The predicted molar refractivity (Wildman–Crippen MR) is 73.6 cm³/mol. The van der Waals surface area contributed by atoms with E-state index in [-0.39, 0.29) is 28.9 Å². The van der Waals surface area contributed by atoms with Gasteiger partial charge in [0, 0.05) is 6.42 Å². The van der Waals surface area contributed by atoms with Crippen LogP contribution in [0.5, 0.6) is 5.75 Å². The highest BCUT2D eigenvalue weighted by atomic mass is 16.6. The molecule has 1 saturated heterocycles. The van der Waals surface area contributed by atoms with Crippen molar-refractivity contribution >= 4 is 17.3 Å². The minimum absolute atomic E-state index is 0.113. The molecular weight excluding hydrogens is 262 g/mol. The van der Waals surface area contributed by atoms with Crippen molar-refractivity contribution in [3.8, 4) is 5.75 Å². The van der Waals surface area contributed by atoms with E-state index in [4.69, 9.17) is 0 Å². The summed E-state index contributed by atoms with van der Waals surface area (Å²) in [6.45, 7) is 1.77. The summed E-state index contributed by atoms with van der Waals surface area (Å²) >= 11 is 0. The zero-order valence-electron chi connectivity index (χ0n) is 11.0. The summed E-state index contributed by atoms with van der Waals surface area (Å²) in [5.74, 6) is -0.182. The fraction of sp³-hybridized carbons (Fsp3) is 0.462. The first-order chi connectivity index (χ1) is 9.56. The van der Waals surface area contributed by atoms with Crippen LogP contribution in [0.25, 0.3) is 0 Å². The smallest absolute Gasteiger partial charge is 0.296 e. The fourth-order valence-electron chi connectivity index (χ4n) is 2.34. The average molecular weight is 279 g/mol. The van der Waals surface area contributed by atoms with Crippen LogP contribution in [0, 0.1) is 16.0 Å². The van der Waals surface area contributed by atoms with Crippen LogP contribution in [-0.2, 0) is 4.79 Å². The van der Waals surface area contributed by atoms with Gasteiger partial charge in [-0.3, -0.25) is 14.9 Å². The van der Waals surface area contributed by atoms with Crippen molar-refractivity contribution in [2.24, 2.45) is 5.92 Å². The lowest BCUT2D eigenvalue weighted by Crippen LogP contribution is -2.32. The van der Waals surface area contributed by atoms with Crippen molar-refractivity contribution in [1.82, 2.24) is 5.32 Å². The highest BCUT2D eigenvalue weighted by Gasteiger charge is 2.20. The predicted octanol–water partition coefficient (Wildman–Crippen LogP) is 1.63. The first-order valence-corrected chi connectivity index (χ1v) is 6.54. The number of nitro groups is 1. The second-order valence-electron chi connectivity index (χ2n) is 4.92. The molecule has 0 radical (unpaired) electrons. The maximum absolute atomic E-state index is 11.9. The second kappa shape index (κ2) is 6.33. The van der Waals surface area contributed by atoms with E-state index in [0.29, 0.717) is 6.42 Å². The van der Waals surface area contributed by atoms with E-state index in [1.165, 1.54) is 12.1 Å². The number of aromatic hydroxyl groups is 1. The van der Waals surface area contributed by atoms with Crippen LogP contribution >= 0.6 is 0 Å². The van der Waals surface area contributed by atoms with Crippen molar-refractivity contribution in [1.29, 1.82) is 0 Å². The van der Waals surface area contributed by atoms with Gasteiger partial charge in [0.15, 0.2) is 0 Å². The molecule has 0 bridgehead atoms. The number of hydrogen-bond acceptors (Lipinski definition) is 5. The van der Waals surface area contributed by atoms with E-state index in [0.717, 1.165) is 32.0 Å². The number of carbonyl (C=O) groups excluding carboxylic acids is 1. The molecule has 1 fully saturated rings. The minimum atomic E-state index is -0.627. The summed E-state index contributed by atoms with van der Waals surface area (Å²) in [5, 5.41) is 25.9. The van der Waals surface area contributed by atoms with Crippen LogP contribution in [0.4, 0.5) is 11.4 Å². The van der Waals surface area contributed by atoms with E-state index in [1.54, 1.807) is 0 Å². The zero-order valence-corrected chi connectivity index (χ0v) is 11.0. The molecule has 1 aliphatic heterocycles. The number of amides is 1. The number of phenolic OH excluding ortho intramolecular Hbond substituents is 1. The van der Waals surface area contributed by atoms with E-state index >= 15 is 0 Å². The fourth-order valence-corrected chi connectivity index (χ4v) is 2.34. The molecule has 7 heteroatoms. The van der Waals surface area contributed by atoms with E-state index in [2.05, 4.69) is 10.6 Å². The Bertz CT molecular complexity index is 512. The summed E-state index contributed by atoms with van der Waals surface area (Å²) < 4.78 is 0. The van der Waals surface area contributed by atoms with Gasteiger partial charge in [0.1, 0.15) is 11.4 Å². The van der Waals surface area contributed by atoms with Crippen molar-refractivity contribution < 1.29 is 14.8 Å². The molecule has 2 rings (SSSR count). The molecule has 1 heterocycles. The number of nitrogens with zero attached hydrogens (tertiary/aromatic N) is 1. The van der Waals surface area contributed by atoms with Gasteiger partial charge in [-0.1, -0.05) is 0 Å². The quantitative estimate of drug-likeness (QED) is 0.441. The first-order valence-electron chi connectivity index (χ1n) is 6.54. The number of phenols is 1. The largest absolute Gasteiger partial charge is 0.508 e. The van der Waals surface area contributed by atoms with Gasteiger partial charge in [-0.05, 0) is 44.0 Å². The molecule has 3 N–H and O–H groups in total. The molecule has 20 heavy (non-hydrogen) atoms. The van der Waals surface area contributed by atoms with Gasteiger partial charge in [0.25, 0.3) is 5.69 Å². The van der Waals surface area contributed by atoms with Gasteiger partial charge >= 0.3 is 0 Å². The molecule has 1 unspecified atom stereocenters. The van der Waals surface area contributed by atoms with Gasteiger partial charge in [0.2, 0.25) is 5.91 Å². The maximum Gasteiger partial charge on any atom is 0.296 e. The summed E-state index contributed by atoms with van der Waals surface area (Å²) in [7, 11) is 0. The minimum Gasteiger partial charge on any atom is -0.508 e. The number of anilines is 1. The van der Waals surface area contributed by atoms with Gasteiger partial charge in [0.05, 0.1) is 11.0 Å². The van der Waals surface area contributed by atoms with E-state index in [1.807, 2.05) is 0 Å². The van der Waals surface area contributed by atoms with Gasteiger partial charge in [-0.2, -0.15) is 0 Å². The number of benzene rings is 1. The van der Waals surface area contributed by atoms with Crippen molar-refractivity contribution in [3.05, 3.63) is 28.3 Å². The molecule has 108 valence electrons. The Kier molecular flexibility index (Phi) is 4.52. The topological polar surface area (TPSA) is 104 Å². The third-order valence-corrected chi connectivity index (χ3v) is 3.33. The normalized spacial score (nSPS) is 18.5. The van der Waals surface area contributed by atoms with E-state index < -0.39 is 4.92 Å². The SMILES string of the molecule is O=C(CC1CCCNC1)Nc1ccc(O)cc1[N+](=O)[O-]. The lowest BCUT2D eigenvalue weighted by molar-refractivity contribution is -0.384. The number of piperidine rings is 1. The number of rotatable bonds is 4. The number of hydrogen-bond donors (Lipinski definition) is 3. The van der Waals surface area contributed by atoms with Crippen LogP contribution in [0.3, 0.4) is 0 Å². The van der Waals surface area contributed by atoms with Crippen LogP contribution in [-0.4, -0.2) is 29.0 Å². The molecule has 0 aromatic heterocycles. The van der Waals surface area contributed by atoms with Crippen LogP contribution in [0.1, 0.15) is 19.3 Å². The van der Waals surface area contributed by atoms with Crippen LogP contribution in [0.15, 0.2) is 18.2 Å². The van der Waals surface area contributed by atoms with Gasteiger partial charge < -0.3 is 15.7 Å². The standard InChI is InChI=1S/C13H17N3O4/c17-10-3-4-11(12(7-10)16(19)20)15-13(18)6-9-2-1-5-14-8-9/h3-4,7,9,14,17H,1-2,5-6,8H2,(H,15,18). The molecule has 0 aliphatic carbocycles. The van der Waals surface area contributed by atoms with Crippen LogP contribution in [0.2, 0.25) is 0 Å². The summed E-state index contributed by atoms with van der Waals surface area (Å²) in [6, 6.07) is 3.67. The van der Waals surface area contributed by atoms with Crippen LogP contribution < -0.4 is 10.6 Å². The first kappa shape index (κ1) is 14.3. The van der Waals surface area contributed by atoms with Crippen molar-refractivity contribution in [2.45, 2.75) is 19.3 Å². The monoisotopic (exact) mass is 279 g/mol. The summed E-state index contributed by atoms with van der Waals surface area (Å²) in [6.07, 6.45) is 2.36. The zero-order chi connectivity index (χ0) is 14.5. The van der Waals surface area contributed by atoms with Gasteiger partial charge in [-0.25, -0.2) is 0 Å². The molecule has 1 amide bonds. The molecule has 1 aromatic carbocycles. The Labute approximate surface area is 116 Å². The Morgan fingerprint density at radius 1 is 1.55 bits per heavy atom. The Hall–Kier alpha value is -2.15. The third-order valence-electron chi connectivity index (χ3n) is 3.33. The molecular formula is C13H17N3O4. The maximum atomic E-state index is 11.9. The van der Waals surface area contributed by atoms with E-state index in [9.17, 15) is 20.0 Å². The molecule has 1 aliphatic rings. The molecule has 1 atom stereocenters. The van der Waals surface area contributed by atoms with Gasteiger partial charge in [-0.15, -0.1) is 0 Å². The second-order valence-corrected chi connectivity index (χ2v) is 4.92. The highest BCUT2D eigenvalue weighted by Crippen LogP contribution is 2.28. The number of carbonyl (C=O) groups is 1. The Morgan fingerprint density at radius 2 is 2.35 bits per heavy atom. The molecule has 0 saturated carbocycles. The molecule has 0 spiro atoms. The Balaban J connectivity index is 2.01. The third kappa shape index (κ3) is 3.67. The molecule has 7 nitrogen and oxygen atoms in total. The average Bonchev–Trinajstić information content (AvgIpc) is 2.41.